The van der Waals surface area contributed by atoms with Gasteiger partial charge in [-0.05, 0) is 29.8 Å². The highest BCUT2D eigenvalue weighted by Crippen LogP contribution is 2.13. The third-order valence-corrected chi connectivity index (χ3v) is 2.61. The van der Waals surface area contributed by atoms with Crippen molar-refractivity contribution in [3.63, 3.8) is 0 Å². The Bertz CT molecular complexity index is 560. The Morgan fingerprint density at radius 3 is 2.05 bits per heavy atom. The van der Waals surface area contributed by atoms with Crippen LogP contribution in [0.1, 0.15) is 5.56 Å². The summed E-state index contributed by atoms with van der Waals surface area (Å²) in [5.41, 5.74) is 0.946. The molecule has 4 heteroatoms. The van der Waals surface area contributed by atoms with E-state index < -0.39 is 0 Å². The molecule has 0 aliphatic carbocycles. The van der Waals surface area contributed by atoms with Crippen molar-refractivity contribution in [1.29, 1.82) is 0 Å². The van der Waals surface area contributed by atoms with Gasteiger partial charge in [0.1, 0.15) is 24.7 Å². The van der Waals surface area contributed by atoms with Crippen molar-refractivity contribution in [2.75, 3.05) is 13.2 Å². The maximum Gasteiger partial charge on any atom is 0.235 e. The number of benzene rings is 2. The van der Waals surface area contributed by atoms with Crippen molar-refractivity contribution < 1.29 is 14.3 Å². The second kappa shape index (κ2) is 7.77. The number of ether oxygens (including phenoxy) is 2. The van der Waals surface area contributed by atoms with E-state index in [0.717, 1.165) is 17.1 Å². The Labute approximate surface area is 117 Å². The van der Waals surface area contributed by atoms with Crippen LogP contribution < -0.4 is 9.47 Å². The smallest absolute Gasteiger partial charge is 0.235 e. The van der Waals surface area contributed by atoms with Crippen LogP contribution >= 0.6 is 0 Å². The molecule has 0 spiro atoms. The van der Waals surface area contributed by atoms with E-state index in [9.17, 15) is 4.79 Å². The molecule has 2 aromatic rings. The average Bonchev–Trinajstić information content (AvgIpc) is 2.52. The summed E-state index contributed by atoms with van der Waals surface area (Å²) in [6, 6.07) is 17.0. The molecular weight excluding hydrogens is 254 g/mol. The monoisotopic (exact) mass is 269 g/mol. The molecule has 0 amide bonds. The van der Waals surface area contributed by atoms with E-state index in [1.165, 1.54) is 6.08 Å². The van der Waals surface area contributed by atoms with Crippen LogP contribution in [0.5, 0.6) is 11.5 Å². The largest absolute Gasteiger partial charge is 0.490 e. The Morgan fingerprint density at radius 2 is 1.45 bits per heavy atom. The fourth-order valence-corrected chi connectivity index (χ4v) is 1.65. The number of hydrogen-bond donors (Lipinski definition) is 0. The van der Waals surface area contributed by atoms with E-state index in [2.05, 4.69) is 4.99 Å². The number of hydrogen-bond acceptors (Lipinski definition) is 4. The molecule has 0 aromatic heterocycles. The molecular formula is C16H15NO3. The van der Waals surface area contributed by atoms with Gasteiger partial charge in [-0.25, -0.2) is 9.79 Å². The zero-order valence-corrected chi connectivity index (χ0v) is 11.0. The van der Waals surface area contributed by atoms with Gasteiger partial charge in [0.25, 0.3) is 0 Å². The molecule has 0 heterocycles. The van der Waals surface area contributed by atoms with Crippen molar-refractivity contribution in [1.82, 2.24) is 0 Å². The van der Waals surface area contributed by atoms with Crippen molar-refractivity contribution in [3.05, 3.63) is 60.2 Å². The predicted octanol–water partition coefficient (Wildman–Crippen LogP) is 2.98. The highest BCUT2D eigenvalue weighted by Gasteiger charge is 1.96. The molecule has 0 atom stereocenters. The Balaban J connectivity index is 1.72. The van der Waals surface area contributed by atoms with Crippen molar-refractivity contribution in [2.45, 2.75) is 6.54 Å². The highest BCUT2D eigenvalue weighted by atomic mass is 16.5. The third kappa shape index (κ3) is 4.59. The highest BCUT2D eigenvalue weighted by molar-refractivity contribution is 5.34. The van der Waals surface area contributed by atoms with Gasteiger partial charge in [-0.3, -0.25) is 0 Å². The van der Waals surface area contributed by atoms with Gasteiger partial charge in [-0.15, -0.1) is 0 Å². The molecule has 102 valence electrons. The molecule has 0 radical (unpaired) electrons. The quantitative estimate of drug-likeness (QED) is 0.441. The first-order valence-electron chi connectivity index (χ1n) is 6.32. The van der Waals surface area contributed by atoms with Gasteiger partial charge in [0.05, 0.1) is 6.54 Å². The fourth-order valence-electron chi connectivity index (χ4n) is 1.65. The van der Waals surface area contributed by atoms with E-state index in [1.807, 2.05) is 54.6 Å². The predicted molar refractivity (Wildman–Crippen MR) is 75.7 cm³/mol. The first-order valence-corrected chi connectivity index (χ1v) is 6.32. The van der Waals surface area contributed by atoms with Crippen molar-refractivity contribution >= 4 is 6.08 Å². The number of para-hydroxylation sites is 1. The second-order valence-electron chi connectivity index (χ2n) is 4.06. The van der Waals surface area contributed by atoms with E-state index >= 15 is 0 Å². The van der Waals surface area contributed by atoms with Crippen LogP contribution in [0.2, 0.25) is 0 Å². The second-order valence-corrected chi connectivity index (χ2v) is 4.06. The molecule has 0 aliphatic rings. The maximum atomic E-state index is 10.0. The Morgan fingerprint density at radius 1 is 0.850 bits per heavy atom. The maximum absolute atomic E-state index is 10.0. The molecule has 2 rings (SSSR count). The van der Waals surface area contributed by atoms with Gasteiger partial charge in [-0.1, -0.05) is 30.3 Å². The molecule has 2 aromatic carbocycles. The van der Waals surface area contributed by atoms with Crippen LogP contribution in [-0.2, 0) is 11.3 Å². The zero-order chi connectivity index (χ0) is 14.0. The van der Waals surface area contributed by atoms with Crippen LogP contribution in [0, 0.1) is 0 Å². The Kier molecular flexibility index (Phi) is 5.38. The van der Waals surface area contributed by atoms with Gasteiger partial charge in [0.15, 0.2) is 0 Å². The number of rotatable bonds is 7. The summed E-state index contributed by atoms with van der Waals surface area (Å²) in [5, 5.41) is 0. The van der Waals surface area contributed by atoms with Crippen molar-refractivity contribution in [2.24, 2.45) is 4.99 Å². The number of aliphatic imine (C=N–C) groups is 1. The molecule has 0 aliphatic heterocycles. The van der Waals surface area contributed by atoms with Crippen LogP contribution in [-0.4, -0.2) is 19.3 Å². The standard InChI is InChI=1S/C16H15NO3/c18-13-17-12-14-6-8-16(9-7-14)20-11-10-19-15-4-2-1-3-5-15/h1-9H,10-12H2. The molecule has 0 unspecified atom stereocenters. The van der Waals surface area contributed by atoms with Crippen LogP contribution in [0.4, 0.5) is 0 Å². The molecule has 0 saturated heterocycles. The lowest BCUT2D eigenvalue weighted by atomic mass is 10.2. The summed E-state index contributed by atoms with van der Waals surface area (Å²) in [4.78, 5) is 13.5. The molecule has 0 bridgehead atoms. The average molecular weight is 269 g/mol. The van der Waals surface area contributed by atoms with Crippen LogP contribution in [0.15, 0.2) is 59.6 Å². The topological polar surface area (TPSA) is 47.9 Å². The van der Waals surface area contributed by atoms with E-state index in [4.69, 9.17) is 9.47 Å². The van der Waals surface area contributed by atoms with Crippen LogP contribution in [0.25, 0.3) is 0 Å². The van der Waals surface area contributed by atoms with Gasteiger partial charge in [0.2, 0.25) is 6.08 Å². The lowest BCUT2D eigenvalue weighted by molar-refractivity contribution is 0.217. The first kappa shape index (κ1) is 13.8. The molecule has 0 N–H and O–H groups in total. The van der Waals surface area contributed by atoms with Gasteiger partial charge in [0, 0.05) is 0 Å². The summed E-state index contributed by atoms with van der Waals surface area (Å²) >= 11 is 0. The first-order chi connectivity index (χ1) is 9.88. The lowest BCUT2D eigenvalue weighted by Gasteiger charge is -2.08. The molecule has 0 saturated carbocycles. The van der Waals surface area contributed by atoms with E-state index in [1.54, 1.807) is 0 Å². The van der Waals surface area contributed by atoms with Crippen LogP contribution in [0.3, 0.4) is 0 Å². The third-order valence-electron chi connectivity index (χ3n) is 2.61. The number of nitrogens with zero attached hydrogens (tertiary/aromatic N) is 1. The fraction of sp³-hybridized carbons (Fsp3) is 0.188. The minimum absolute atomic E-state index is 0.348. The summed E-state index contributed by atoms with van der Waals surface area (Å²) in [6.45, 7) is 1.31. The summed E-state index contributed by atoms with van der Waals surface area (Å²) in [5.74, 6) is 1.60. The van der Waals surface area contributed by atoms with Gasteiger partial charge in [-0.2, -0.15) is 0 Å². The van der Waals surface area contributed by atoms with E-state index in [-0.39, 0.29) is 0 Å². The normalized spacial score (nSPS) is 9.60. The summed E-state index contributed by atoms with van der Waals surface area (Å²) < 4.78 is 11.1. The van der Waals surface area contributed by atoms with Gasteiger partial charge >= 0.3 is 0 Å². The zero-order valence-electron chi connectivity index (χ0n) is 11.0. The minimum atomic E-state index is 0.348. The minimum Gasteiger partial charge on any atom is -0.490 e. The SMILES string of the molecule is O=C=NCc1ccc(OCCOc2ccccc2)cc1. The molecule has 4 nitrogen and oxygen atoms in total. The van der Waals surface area contributed by atoms with Crippen molar-refractivity contribution in [3.8, 4) is 11.5 Å². The Hall–Kier alpha value is -2.58. The molecule has 20 heavy (non-hydrogen) atoms. The number of isocyanates is 1. The summed E-state index contributed by atoms with van der Waals surface area (Å²) in [6.07, 6.45) is 1.52. The molecule has 0 fully saturated rings. The number of carbonyl (C=O) groups excluding carboxylic acids is 1. The summed E-state index contributed by atoms with van der Waals surface area (Å²) in [7, 11) is 0. The lowest BCUT2D eigenvalue weighted by Crippen LogP contribution is -2.08. The van der Waals surface area contributed by atoms with E-state index in [0.29, 0.717) is 19.8 Å². The van der Waals surface area contributed by atoms with Gasteiger partial charge < -0.3 is 9.47 Å².